The number of hydrogen-bond donors (Lipinski definition) is 1. The second-order valence-corrected chi connectivity index (χ2v) is 9.88. The van der Waals surface area contributed by atoms with E-state index in [1.54, 1.807) is 49.8 Å². The first-order valence-corrected chi connectivity index (χ1v) is 13.2. The molecule has 2 aliphatic rings. The van der Waals surface area contributed by atoms with Crippen LogP contribution in [-0.4, -0.2) is 59.3 Å². The van der Waals surface area contributed by atoms with Crippen molar-refractivity contribution in [3.8, 4) is 17.2 Å². The zero-order chi connectivity index (χ0) is 28.5. The van der Waals surface area contributed by atoms with Crippen LogP contribution in [0.15, 0.2) is 67.1 Å². The molecule has 7 rings (SSSR count). The van der Waals surface area contributed by atoms with Crippen LogP contribution in [0.5, 0.6) is 0 Å². The van der Waals surface area contributed by atoms with E-state index in [0.717, 1.165) is 30.5 Å². The predicted molar refractivity (Wildman–Crippen MR) is 146 cm³/mol. The average Bonchev–Trinajstić information content (AvgIpc) is 3.73. The van der Waals surface area contributed by atoms with E-state index in [1.165, 1.54) is 23.0 Å². The maximum Gasteiger partial charge on any atom is 0.252 e. The molecule has 1 N–H and O–H groups in total. The summed E-state index contributed by atoms with van der Waals surface area (Å²) in [6, 6.07) is 12.7. The van der Waals surface area contributed by atoms with Crippen LogP contribution in [-0.2, 0) is 11.3 Å². The van der Waals surface area contributed by atoms with Gasteiger partial charge in [-0.15, -0.1) is 4.80 Å². The lowest BCUT2D eigenvalue weighted by atomic mass is 10.0. The number of hydrogen-bond acceptors (Lipinski definition) is 6. The highest BCUT2D eigenvalue weighted by molar-refractivity contribution is 5.98. The van der Waals surface area contributed by atoms with Crippen molar-refractivity contribution in [3.05, 3.63) is 89.9 Å². The molecule has 1 saturated heterocycles. The van der Waals surface area contributed by atoms with Gasteiger partial charge in [-0.25, -0.2) is 18.7 Å². The summed E-state index contributed by atoms with van der Waals surface area (Å²) in [5.41, 5.74) is 3.23. The Labute approximate surface area is 233 Å². The van der Waals surface area contributed by atoms with Gasteiger partial charge in [0.1, 0.15) is 23.0 Å². The number of benzene rings is 2. The molecule has 0 aliphatic carbocycles. The molecule has 3 aromatic heterocycles. The van der Waals surface area contributed by atoms with Crippen LogP contribution in [0.1, 0.15) is 41.7 Å². The van der Waals surface area contributed by atoms with Crippen LogP contribution in [0.3, 0.4) is 0 Å². The van der Waals surface area contributed by atoms with Crippen molar-refractivity contribution in [2.45, 2.75) is 32.4 Å². The highest BCUT2D eigenvalue weighted by atomic mass is 19.1. The number of likely N-dealkylation sites (tertiary alicyclic amines) is 1. The maximum absolute atomic E-state index is 14.7. The van der Waals surface area contributed by atoms with Gasteiger partial charge in [0.05, 0.1) is 35.7 Å². The fourth-order valence-corrected chi connectivity index (χ4v) is 5.27. The van der Waals surface area contributed by atoms with Gasteiger partial charge in [0.25, 0.3) is 5.91 Å². The average molecular weight is 557 g/mol. The molecule has 2 aromatic carbocycles. The number of nitrogens with one attached hydrogen (secondary N) is 1. The molecule has 208 valence electrons. The predicted octanol–water partition coefficient (Wildman–Crippen LogP) is 4.07. The van der Waals surface area contributed by atoms with E-state index in [-0.39, 0.29) is 29.5 Å². The summed E-state index contributed by atoms with van der Waals surface area (Å²) in [6.07, 6.45) is 6.56. The minimum absolute atomic E-state index is 0.0249. The van der Waals surface area contributed by atoms with Crippen molar-refractivity contribution < 1.29 is 18.4 Å². The molecule has 1 fully saturated rings. The van der Waals surface area contributed by atoms with Gasteiger partial charge in [0, 0.05) is 38.2 Å². The molecule has 0 radical (unpaired) electrons. The van der Waals surface area contributed by atoms with Crippen molar-refractivity contribution in [3.63, 3.8) is 0 Å². The molecular formula is C29H26F2N8O2. The maximum atomic E-state index is 14.7. The molecule has 1 atom stereocenters. The van der Waals surface area contributed by atoms with Gasteiger partial charge in [-0.05, 0) is 42.7 Å². The van der Waals surface area contributed by atoms with Crippen LogP contribution in [0.2, 0.25) is 0 Å². The molecule has 12 heteroatoms. The topological polar surface area (TPSA) is 111 Å². The Morgan fingerprint density at radius 2 is 1.85 bits per heavy atom. The quantitative estimate of drug-likeness (QED) is 0.359. The fourth-order valence-electron chi connectivity index (χ4n) is 5.27. The van der Waals surface area contributed by atoms with E-state index in [4.69, 9.17) is 4.98 Å². The van der Waals surface area contributed by atoms with E-state index in [1.807, 2.05) is 15.5 Å². The third kappa shape index (κ3) is 5.15. The van der Waals surface area contributed by atoms with Crippen molar-refractivity contribution >= 4 is 22.8 Å². The number of piperidine rings is 1. The number of halogens is 2. The van der Waals surface area contributed by atoms with E-state index < -0.39 is 0 Å². The number of imidazole rings is 1. The first-order valence-electron chi connectivity index (χ1n) is 13.2. The van der Waals surface area contributed by atoms with E-state index >= 15 is 0 Å². The number of carbonyl (C=O) groups excluding carboxylic acids is 2. The SMILES string of the molecule is CC(=O)N1CCC[C@@H](n2c(-c3ccccc3F)nc3cnc(-n4nccn4)cc32)C1.O=C1NCc2ccc(F)cc21. The molecule has 0 bridgehead atoms. The van der Waals surface area contributed by atoms with Crippen LogP contribution >= 0.6 is 0 Å². The number of amides is 2. The summed E-state index contributed by atoms with van der Waals surface area (Å²) < 4.78 is 29.3. The van der Waals surface area contributed by atoms with Crippen molar-refractivity contribution in [1.82, 2.24) is 39.7 Å². The molecule has 0 saturated carbocycles. The van der Waals surface area contributed by atoms with Crippen molar-refractivity contribution in [2.75, 3.05) is 13.1 Å². The third-order valence-corrected chi connectivity index (χ3v) is 7.26. The van der Waals surface area contributed by atoms with E-state index in [2.05, 4.69) is 20.5 Å². The monoisotopic (exact) mass is 556 g/mol. The lowest BCUT2D eigenvalue weighted by molar-refractivity contribution is -0.130. The number of nitrogens with zero attached hydrogens (tertiary/aromatic N) is 7. The van der Waals surface area contributed by atoms with Gasteiger partial charge >= 0.3 is 0 Å². The normalized spacial score (nSPS) is 16.2. The van der Waals surface area contributed by atoms with Crippen LogP contribution in [0.25, 0.3) is 28.2 Å². The molecule has 5 heterocycles. The van der Waals surface area contributed by atoms with Gasteiger partial charge in [-0.2, -0.15) is 10.2 Å². The lowest BCUT2D eigenvalue weighted by Gasteiger charge is -2.34. The Balaban J connectivity index is 0.000000229. The zero-order valence-corrected chi connectivity index (χ0v) is 22.2. The minimum Gasteiger partial charge on any atom is -0.348 e. The number of pyridine rings is 1. The highest BCUT2D eigenvalue weighted by Crippen LogP contribution is 2.34. The second kappa shape index (κ2) is 10.9. The Hall–Kier alpha value is -5.00. The molecule has 2 aliphatic heterocycles. The van der Waals surface area contributed by atoms with Crippen LogP contribution in [0.4, 0.5) is 8.78 Å². The first-order chi connectivity index (χ1) is 19.9. The molecule has 0 unspecified atom stereocenters. The van der Waals surface area contributed by atoms with E-state index in [0.29, 0.717) is 41.4 Å². The summed E-state index contributed by atoms with van der Waals surface area (Å²) in [6.45, 7) is 3.39. The molecule has 2 amide bonds. The number of rotatable bonds is 3. The first kappa shape index (κ1) is 26.2. The van der Waals surface area contributed by atoms with Crippen molar-refractivity contribution in [1.29, 1.82) is 0 Å². The Kier molecular flexibility index (Phi) is 6.96. The molecule has 5 aromatic rings. The number of aromatic nitrogens is 6. The van der Waals surface area contributed by atoms with Crippen LogP contribution < -0.4 is 5.32 Å². The Bertz CT molecular complexity index is 1750. The summed E-state index contributed by atoms with van der Waals surface area (Å²) in [5, 5.41) is 10.9. The second-order valence-electron chi connectivity index (χ2n) is 9.88. The molecular weight excluding hydrogens is 530 g/mol. The minimum atomic E-state index is -0.360. The van der Waals surface area contributed by atoms with Crippen LogP contribution in [0, 0.1) is 11.6 Å². The standard InChI is InChI=1S/C21H20FN7O.C8H6FNO/c1-14(30)27-10-4-5-15(13-27)28-19-11-20(29-24-8-9-25-29)23-12-18(19)26-21(28)16-6-2-3-7-17(16)22;9-6-2-1-5-4-10-8(11)7(5)3-6/h2-3,6-9,11-12,15H,4-5,10,13H2,1H3;1-3H,4H2,(H,10,11)/t15-;/m1./s1. The third-order valence-electron chi connectivity index (χ3n) is 7.26. The fraction of sp³-hybridized carbons (Fsp3) is 0.241. The summed E-state index contributed by atoms with van der Waals surface area (Å²) in [5.74, 6) is 0.244. The molecule has 10 nitrogen and oxygen atoms in total. The largest absolute Gasteiger partial charge is 0.348 e. The van der Waals surface area contributed by atoms with Gasteiger partial charge < -0.3 is 14.8 Å². The van der Waals surface area contributed by atoms with Gasteiger partial charge in [0.15, 0.2) is 5.82 Å². The molecule has 41 heavy (non-hydrogen) atoms. The van der Waals surface area contributed by atoms with Gasteiger partial charge in [-0.1, -0.05) is 18.2 Å². The molecule has 0 spiro atoms. The number of carbonyl (C=O) groups is 2. The number of fused-ring (bicyclic) bond motifs is 2. The van der Waals surface area contributed by atoms with Gasteiger partial charge in [0.2, 0.25) is 5.91 Å². The summed E-state index contributed by atoms with van der Waals surface area (Å²) in [4.78, 5) is 35.3. The summed E-state index contributed by atoms with van der Waals surface area (Å²) >= 11 is 0. The Morgan fingerprint density at radius 1 is 1.05 bits per heavy atom. The van der Waals surface area contributed by atoms with E-state index in [9.17, 15) is 18.4 Å². The smallest absolute Gasteiger partial charge is 0.252 e. The highest BCUT2D eigenvalue weighted by Gasteiger charge is 2.28. The zero-order valence-electron chi connectivity index (χ0n) is 22.2. The Morgan fingerprint density at radius 3 is 2.63 bits per heavy atom. The lowest BCUT2D eigenvalue weighted by Crippen LogP contribution is -2.39. The van der Waals surface area contributed by atoms with Gasteiger partial charge in [-0.3, -0.25) is 9.59 Å². The van der Waals surface area contributed by atoms with Crippen molar-refractivity contribution in [2.24, 2.45) is 0 Å². The summed E-state index contributed by atoms with van der Waals surface area (Å²) in [7, 11) is 0.